The average Bonchev–Trinajstić information content (AvgIpc) is 2.21. The zero-order valence-corrected chi connectivity index (χ0v) is 11.5. The van der Waals surface area contributed by atoms with Gasteiger partial charge in [0.25, 0.3) is 0 Å². The predicted molar refractivity (Wildman–Crippen MR) is 70.9 cm³/mol. The van der Waals surface area contributed by atoms with Gasteiger partial charge in [-0.1, -0.05) is 42.4 Å². The third-order valence-electron chi connectivity index (χ3n) is 4.43. The maximum absolute atomic E-state index is 2.64. The third kappa shape index (κ3) is 2.86. The van der Waals surface area contributed by atoms with E-state index in [1.54, 1.807) is 0 Å². The second kappa shape index (κ2) is 5.18. The molecule has 0 N–H and O–H groups in total. The molecule has 14 heavy (non-hydrogen) atoms. The van der Waals surface area contributed by atoms with Crippen molar-refractivity contribution in [1.82, 2.24) is 0 Å². The van der Waals surface area contributed by atoms with Crippen molar-refractivity contribution in [3.8, 4) is 0 Å². The van der Waals surface area contributed by atoms with Crippen LogP contribution in [0.5, 0.6) is 0 Å². The SMILES string of the molecule is CC1CCC(C2CCC(I)CC2)CC1. The van der Waals surface area contributed by atoms with Crippen LogP contribution < -0.4 is 0 Å². The van der Waals surface area contributed by atoms with E-state index in [9.17, 15) is 0 Å². The highest BCUT2D eigenvalue weighted by atomic mass is 127. The molecule has 0 aliphatic heterocycles. The fourth-order valence-corrected chi connectivity index (χ4v) is 4.03. The molecule has 0 aromatic carbocycles. The Labute approximate surface area is 102 Å². The van der Waals surface area contributed by atoms with E-state index < -0.39 is 0 Å². The van der Waals surface area contributed by atoms with Gasteiger partial charge in [0.2, 0.25) is 0 Å². The highest BCUT2D eigenvalue weighted by Crippen LogP contribution is 2.40. The minimum atomic E-state index is 0.992. The maximum Gasteiger partial charge on any atom is 0.0110 e. The van der Waals surface area contributed by atoms with Crippen molar-refractivity contribution in [3.63, 3.8) is 0 Å². The van der Waals surface area contributed by atoms with Crippen LogP contribution in [0, 0.1) is 17.8 Å². The van der Waals surface area contributed by atoms with E-state index in [0.29, 0.717) is 0 Å². The molecular formula is C13H23I. The van der Waals surface area contributed by atoms with Crippen LogP contribution >= 0.6 is 22.6 Å². The predicted octanol–water partition coefficient (Wildman–Crippen LogP) is 4.81. The summed E-state index contributed by atoms with van der Waals surface area (Å²) in [6, 6.07) is 0. The highest BCUT2D eigenvalue weighted by molar-refractivity contribution is 14.1. The lowest BCUT2D eigenvalue weighted by Crippen LogP contribution is -2.25. The average molecular weight is 306 g/mol. The minimum absolute atomic E-state index is 0.992. The molecule has 2 fully saturated rings. The standard InChI is InChI=1S/C13H23I/c1-10-2-4-11(5-3-10)12-6-8-13(14)9-7-12/h10-13H,2-9H2,1H3. The molecule has 0 amide bonds. The smallest absolute Gasteiger partial charge is 0.0110 e. The van der Waals surface area contributed by atoms with Crippen molar-refractivity contribution in [2.75, 3.05) is 0 Å². The lowest BCUT2D eigenvalue weighted by molar-refractivity contribution is 0.176. The number of halogens is 1. The van der Waals surface area contributed by atoms with Gasteiger partial charge in [0, 0.05) is 3.92 Å². The molecule has 0 aromatic heterocycles. The number of rotatable bonds is 1. The Kier molecular flexibility index (Phi) is 4.15. The summed E-state index contributed by atoms with van der Waals surface area (Å²) in [5, 5.41) is 0. The van der Waals surface area contributed by atoms with Crippen LogP contribution in [-0.4, -0.2) is 3.92 Å². The van der Waals surface area contributed by atoms with Crippen LogP contribution in [0.15, 0.2) is 0 Å². The van der Waals surface area contributed by atoms with Gasteiger partial charge in [-0.3, -0.25) is 0 Å². The summed E-state index contributed by atoms with van der Waals surface area (Å²) in [6.07, 6.45) is 12.2. The topological polar surface area (TPSA) is 0 Å². The van der Waals surface area contributed by atoms with Crippen molar-refractivity contribution >= 4 is 22.6 Å². The molecule has 0 saturated heterocycles. The lowest BCUT2D eigenvalue weighted by Gasteiger charge is -2.36. The van der Waals surface area contributed by atoms with E-state index >= 15 is 0 Å². The molecule has 0 nitrogen and oxygen atoms in total. The molecule has 1 heteroatoms. The molecule has 2 saturated carbocycles. The first-order chi connectivity index (χ1) is 6.75. The Hall–Kier alpha value is 0.730. The largest absolute Gasteiger partial charge is 0.0826 e. The monoisotopic (exact) mass is 306 g/mol. The number of alkyl halides is 1. The summed E-state index contributed by atoms with van der Waals surface area (Å²) in [6.45, 7) is 2.43. The molecule has 0 bridgehead atoms. The third-order valence-corrected chi connectivity index (χ3v) is 5.67. The first-order valence-corrected chi connectivity index (χ1v) is 7.64. The van der Waals surface area contributed by atoms with Gasteiger partial charge >= 0.3 is 0 Å². The Morgan fingerprint density at radius 3 is 1.64 bits per heavy atom. The van der Waals surface area contributed by atoms with Gasteiger partial charge in [-0.2, -0.15) is 0 Å². The molecule has 82 valence electrons. The number of hydrogen-bond acceptors (Lipinski definition) is 0. The molecule has 2 aliphatic rings. The van der Waals surface area contributed by atoms with E-state index in [2.05, 4.69) is 29.5 Å². The second-order valence-corrected chi connectivity index (χ2v) is 7.29. The van der Waals surface area contributed by atoms with Gasteiger partial charge in [-0.25, -0.2) is 0 Å². The van der Waals surface area contributed by atoms with Crippen molar-refractivity contribution in [2.45, 2.75) is 62.2 Å². The van der Waals surface area contributed by atoms with E-state index in [0.717, 1.165) is 21.7 Å². The first-order valence-electron chi connectivity index (χ1n) is 6.39. The molecule has 0 unspecified atom stereocenters. The van der Waals surface area contributed by atoms with Crippen LogP contribution in [0.1, 0.15) is 58.3 Å². The summed E-state index contributed by atoms with van der Waals surface area (Å²) in [4.78, 5) is 0. The summed E-state index contributed by atoms with van der Waals surface area (Å²) in [7, 11) is 0. The lowest BCUT2D eigenvalue weighted by atomic mass is 9.71. The maximum atomic E-state index is 2.64. The molecule has 0 aromatic rings. The van der Waals surface area contributed by atoms with Gasteiger partial charge in [-0.05, 0) is 56.3 Å². The quantitative estimate of drug-likeness (QED) is 0.482. The van der Waals surface area contributed by atoms with Gasteiger partial charge in [0.05, 0.1) is 0 Å². The van der Waals surface area contributed by atoms with Crippen LogP contribution in [-0.2, 0) is 0 Å². The second-order valence-electron chi connectivity index (χ2n) is 5.53. The first kappa shape index (κ1) is 11.2. The molecule has 0 atom stereocenters. The van der Waals surface area contributed by atoms with Gasteiger partial charge < -0.3 is 0 Å². The van der Waals surface area contributed by atoms with Gasteiger partial charge in [-0.15, -0.1) is 0 Å². The Balaban J connectivity index is 1.78. The molecule has 0 radical (unpaired) electrons. The fraction of sp³-hybridized carbons (Fsp3) is 1.00. The zero-order chi connectivity index (χ0) is 9.97. The normalized spacial score (nSPS) is 45.0. The molecule has 0 heterocycles. The summed E-state index contributed by atoms with van der Waals surface area (Å²) < 4.78 is 0.992. The number of hydrogen-bond donors (Lipinski definition) is 0. The summed E-state index contributed by atoms with van der Waals surface area (Å²) in [5.74, 6) is 3.23. The summed E-state index contributed by atoms with van der Waals surface area (Å²) >= 11 is 2.64. The Morgan fingerprint density at radius 2 is 1.14 bits per heavy atom. The summed E-state index contributed by atoms with van der Waals surface area (Å²) in [5.41, 5.74) is 0. The van der Waals surface area contributed by atoms with E-state index in [-0.39, 0.29) is 0 Å². The van der Waals surface area contributed by atoms with Crippen molar-refractivity contribution in [1.29, 1.82) is 0 Å². The highest BCUT2D eigenvalue weighted by Gasteiger charge is 2.28. The molecular weight excluding hydrogens is 283 g/mol. The molecule has 2 aliphatic carbocycles. The molecule has 2 rings (SSSR count). The van der Waals surface area contributed by atoms with E-state index in [1.165, 1.54) is 51.4 Å². The van der Waals surface area contributed by atoms with Crippen molar-refractivity contribution < 1.29 is 0 Å². The van der Waals surface area contributed by atoms with E-state index in [1.807, 2.05) is 0 Å². The van der Waals surface area contributed by atoms with Crippen LogP contribution in [0.3, 0.4) is 0 Å². The van der Waals surface area contributed by atoms with Crippen molar-refractivity contribution in [2.24, 2.45) is 17.8 Å². The van der Waals surface area contributed by atoms with Crippen LogP contribution in [0.4, 0.5) is 0 Å². The Bertz CT molecular complexity index is 142. The van der Waals surface area contributed by atoms with Gasteiger partial charge in [0.15, 0.2) is 0 Å². The molecule has 0 spiro atoms. The van der Waals surface area contributed by atoms with Gasteiger partial charge in [0.1, 0.15) is 0 Å². The van der Waals surface area contributed by atoms with Crippen LogP contribution in [0.2, 0.25) is 0 Å². The van der Waals surface area contributed by atoms with Crippen LogP contribution in [0.25, 0.3) is 0 Å². The van der Waals surface area contributed by atoms with E-state index in [4.69, 9.17) is 0 Å². The fourth-order valence-electron chi connectivity index (χ4n) is 3.31. The zero-order valence-electron chi connectivity index (χ0n) is 9.34. The van der Waals surface area contributed by atoms with Crippen molar-refractivity contribution in [3.05, 3.63) is 0 Å². The minimum Gasteiger partial charge on any atom is -0.0826 e. The Morgan fingerprint density at radius 1 is 0.714 bits per heavy atom.